The number of carbonyl (C=O) groups is 1. The van der Waals surface area contributed by atoms with Gasteiger partial charge in [-0.05, 0) is 24.3 Å². The van der Waals surface area contributed by atoms with Crippen molar-refractivity contribution in [1.29, 1.82) is 0 Å². The molecule has 26 heavy (non-hydrogen) atoms. The number of amides is 1. The third-order valence-corrected chi connectivity index (χ3v) is 3.85. The first-order valence-electron chi connectivity index (χ1n) is 8.24. The molecule has 0 atom stereocenters. The summed E-state index contributed by atoms with van der Waals surface area (Å²) in [6.45, 7) is 0.549. The minimum absolute atomic E-state index is 0.116. The van der Waals surface area contributed by atoms with Gasteiger partial charge in [0, 0.05) is 12.6 Å². The van der Waals surface area contributed by atoms with Crippen LogP contribution < -0.4 is 4.74 Å². The van der Waals surface area contributed by atoms with Crippen LogP contribution in [0.1, 0.15) is 5.69 Å². The van der Waals surface area contributed by atoms with E-state index in [2.05, 4.69) is 4.98 Å². The lowest BCUT2D eigenvalue weighted by molar-refractivity contribution is -0.129. The summed E-state index contributed by atoms with van der Waals surface area (Å²) >= 11 is 0. The molecule has 0 radical (unpaired) electrons. The van der Waals surface area contributed by atoms with Gasteiger partial charge in [-0.2, -0.15) is 0 Å². The molecule has 3 rings (SSSR count). The maximum absolute atomic E-state index is 13.5. The highest BCUT2D eigenvalue weighted by Gasteiger charge is 2.14. The summed E-state index contributed by atoms with van der Waals surface area (Å²) in [6.07, 6.45) is 1.62. The molecule has 0 saturated carbocycles. The van der Waals surface area contributed by atoms with Gasteiger partial charge in [0.25, 0.3) is 0 Å². The summed E-state index contributed by atoms with van der Waals surface area (Å²) in [6, 6.07) is 15.7. The Morgan fingerprint density at radius 1 is 1.15 bits per heavy atom. The van der Waals surface area contributed by atoms with Gasteiger partial charge in [0.05, 0.1) is 18.7 Å². The number of hydrogen-bond donors (Lipinski definition) is 0. The lowest BCUT2D eigenvalue weighted by Gasteiger charge is -2.17. The minimum atomic E-state index is -0.419. The van der Waals surface area contributed by atoms with Crippen molar-refractivity contribution in [3.63, 3.8) is 0 Å². The molecular formula is C20H19FN2O3. The molecule has 6 heteroatoms. The lowest BCUT2D eigenvalue weighted by atomic mass is 10.2. The Kier molecular flexibility index (Phi) is 5.63. The summed E-state index contributed by atoms with van der Waals surface area (Å²) in [5.41, 5.74) is 1.42. The number of halogens is 1. The minimum Gasteiger partial charge on any atom is -0.489 e. The molecule has 0 unspecified atom stereocenters. The normalized spacial score (nSPS) is 10.5. The fourth-order valence-electron chi connectivity index (χ4n) is 2.37. The van der Waals surface area contributed by atoms with Crippen LogP contribution in [0, 0.1) is 5.82 Å². The van der Waals surface area contributed by atoms with Crippen molar-refractivity contribution in [3.8, 4) is 17.2 Å². The Labute approximate surface area is 151 Å². The molecule has 1 heterocycles. The van der Waals surface area contributed by atoms with E-state index in [0.717, 1.165) is 5.56 Å². The Morgan fingerprint density at radius 3 is 2.65 bits per heavy atom. The first kappa shape index (κ1) is 17.7. The van der Waals surface area contributed by atoms with Crippen molar-refractivity contribution in [2.45, 2.75) is 6.42 Å². The van der Waals surface area contributed by atoms with Crippen LogP contribution >= 0.6 is 0 Å². The summed E-state index contributed by atoms with van der Waals surface area (Å²) in [4.78, 5) is 18.2. The molecular weight excluding hydrogens is 335 g/mol. The number of nitrogens with zero attached hydrogens (tertiary/aromatic N) is 2. The quantitative estimate of drug-likeness (QED) is 0.651. The summed E-state index contributed by atoms with van der Waals surface area (Å²) < 4.78 is 24.3. The number of para-hydroxylation sites is 1. The Balaban J connectivity index is 1.50. The summed E-state index contributed by atoms with van der Waals surface area (Å²) in [7, 11) is 1.67. The smallest absolute Gasteiger partial charge is 0.228 e. The largest absolute Gasteiger partial charge is 0.489 e. The molecule has 0 aliphatic heterocycles. The van der Waals surface area contributed by atoms with Gasteiger partial charge >= 0.3 is 0 Å². The van der Waals surface area contributed by atoms with Gasteiger partial charge in [0.15, 0.2) is 11.6 Å². The van der Waals surface area contributed by atoms with Gasteiger partial charge in [-0.1, -0.05) is 30.3 Å². The summed E-state index contributed by atoms with van der Waals surface area (Å²) in [5, 5.41) is 0. The van der Waals surface area contributed by atoms with Gasteiger partial charge in [-0.25, -0.2) is 9.37 Å². The molecule has 5 nitrogen and oxygen atoms in total. The zero-order valence-corrected chi connectivity index (χ0v) is 14.4. The Bertz CT molecular complexity index is 864. The second-order valence-electron chi connectivity index (χ2n) is 5.78. The molecule has 0 fully saturated rings. The molecule has 0 saturated heterocycles. The highest BCUT2D eigenvalue weighted by atomic mass is 19.1. The third kappa shape index (κ3) is 4.47. The molecule has 3 aromatic rings. The fraction of sp³-hybridized carbons (Fsp3) is 0.200. The van der Waals surface area contributed by atoms with Crippen LogP contribution in [-0.4, -0.2) is 36.0 Å². The van der Waals surface area contributed by atoms with E-state index in [1.54, 1.807) is 25.2 Å². The second kappa shape index (κ2) is 8.29. The maximum atomic E-state index is 13.5. The van der Waals surface area contributed by atoms with Crippen molar-refractivity contribution in [2.24, 2.45) is 0 Å². The van der Waals surface area contributed by atoms with Crippen LogP contribution in [-0.2, 0) is 11.2 Å². The van der Waals surface area contributed by atoms with Crippen LogP contribution in [0.5, 0.6) is 5.75 Å². The molecule has 1 aromatic heterocycles. The van der Waals surface area contributed by atoms with Crippen molar-refractivity contribution in [2.75, 3.05) is 20.2 Å². The average Bonchev–Trinajstić information content (AvgIpc) is 3.12. The number of ether oxygens (including phenoxy) is 1. The van der Waals surface area contributed by atoms with E-state index >= 15 is 0 Å². The number of aromatic nitrogens is 1. The van der Waals surface area contributed by atoms with E-state index in [0.29, 0.717) is 18.1 Å². The Hall–Kier alpha value is -3.15. The van der Waals surface area contributed by atoms with E-state index in [1.807, 2.05) is 30.3 Å². The molecule has 0 aliphatic rings. The molecule has 134 valence electrons. The van der Waals surface area contributed by atoms with E-state index in [-0.39, 0.29) is 24.7 Å². The van der Waals surface area contributed by atoms with Crippen LogP contribution in [0.3, 0.4) is 0 Å². The fourth-order valence-corrected chi connectivity index (χ4v) is 2.37. The average molecular weight is 354 g/mol. The van der Waals surface area contributed by atoms with Gasteiger partial charge in [-0.3, -0.25) is 4.79 Å². The number of hydrogen-bond acceptors (Lipinski definition) is 4. The van der Waals surface area contributed by atoms with Crippen LogP contribution in [0.2, 0.25) is 0 Å². The third-order valence-electron chi connectivity index (χ3n) is 3.85. The van der Waals surface area contributed by atoms with E-state index < -0.39 is 5.82 Å². The predicted molar refractivity (Wildman–Crippen MR) is 95.2 cm³/mol. The van der Waals surface area contributed by atoms with Crippen molar-refractivity contribution in [3.05, 3.63) is 72.4 Å². The van der Waals surface area contributed by atoms with Crippen molar-refractivity contribution >= 4 is 5.91 Å². The molecule has 0 bridgehead atoms. The standard InChI is InChI=1S/C20H19FN2O3/c1-23(11-12-25-18-10-6-5-9-17(18)21)19(24)13-16-14-26-20(22-16)15-7-3-2-4-8-15/h2-10,14H,11-13H2,1H3. The second-order valence-corrected chi connectivity index (χ2v) is 5.78. The first-order valence-corrected chi connectivity index (χ1v) is 8.24. The number of rotatable bonds is 7. The zero-order chi connectivity index (χ0) is 18.4. The highest BCUT2D eigenvalue weighted by Crippen LogP contribution is 2.18. The maximum Gasteiger partial charge on any atom is 0.228 e. The van der Waals surface area contributed by atoms with E-state index in [4.69, 9.17) is 9.15 Å². The van der Waals surface area contributed by atoms with Crippen LogP contribution in [0.15, 0.2) is 65.3 Å². The molecule has 0 N–H and O–H groups in total. The Morgan fingerprint density at radius 2 is 1.88 bits per heavy atom. The number of oxazole rings is 1. The van der Waals surface area contributed by atoms with Gasteiger partial charge in [-0.15, -0.1) is 0 Å². The molecule has 1 amide bonds. The highest BCUT2D eigenvalue weighted by molar-refractivity contribution is 5.78. The van der Waals surface area contributed by atoms with Crippen molar-refractivity contribution in [1.82, 2.24) is 9.88 Å². The zero-order valence-electron chi connectivity index (χ0n) is 14.4. The first-order chi connectivity index (χ1) is 12.6. The SMILES string of the molecule is CN(CCOc1ccccc1F)C(=O)Cc1coc(-c2ccccc2)n1. The van der Waals surface area contributed by atoms with Crippen LogP contribution in [0.4, 0.5) is 4.39 Å². The number of likely N-dealkylation sites (N-methyl/N-ethyl adjacent to an activating group) is 1. The van der Waals surface area contributed by atoms with Crippen molar-refractivity contribution < 1.29 is 18.3 Å². The molecule has 0 aliphatic carbocycles. The topological polar surface area (TPSA) is 55.6 Å². The van der Waals surface area contributed by atoms with E-state index in [9.17, 15) is 9.18 Å². The predicted octanol–water partition coefficient (Wildman–Crippen LogP) is 3.56. The van der Waals surface area contributed by atoms with Gasteiger partial charge in [0.2, 0.25) is 11.8 Å². The van der Waals surface area contributed by atoms with Gasteiger partial charge in [0.1, 0.15) is 12.9 Å². The lowest BCUT2D eigenvalue weighted by Crippen LogP contribution is -2.32. The monoisotopic (exact) mass is 354 g/mol. The molecule has 0 spiro atoms. The van der Waals surface area contributed by atoms with Gasteiger partial charge < -0.3 is 14.1 Å². The van der Waals surface area contributed by atoms with Crippen LogP contribution in [0.25, 0.3) is 11.5 Å². The number of benzene rings is 2. The summed E-state index contributed by atoms with van der Waals surface area (Å²) in [5.74, 6) is 0.129. The number of carbonyl (C=O) groups excluding carboxylic acids is 1. The molecule has 2 aromatic carbocycles. The van der Waals surface area contributed by atoms with E-state index in [1.165, 1.54) is 17.2 Å².